The van der Waals surface area contributed by atoms with Gasteiger partial charge in [0, 0.05) is 48.2 Å². The van der Waals surface area contributed by atoms with Crippen molar-refractivity contribution in [1.82, 2.24) is 14.5 Å². The second kappa shape index (κ2) is 8.19. The third kappa shape index (κ3) is 3.74. The Kier molecular flexibility index (Phi) is 5.32. The number of amides is 1. The number of nitrogens with zero attached hydrogens (tertiary/aromatic N) is 2. The van der Waals surface area contributed by atoms with Crippen molar-refractivity contribution in [3.63, 3.8) is 0 Å². The first kappa shape index (κ1) is 21.5. The molecule has 2 aliphatic heterocycles. The minimum Gasteiger partial charge on any atom is -0.464 e. The number of ether oxygens (including phenoxy) is 1. The second-order valence-electron chi connectivity index (χ2n) is 9.23. The van der Waals surface area contributed by atoms with Crippen molar-refractivity contribution in [2.75, 3.05) is 25.5 Å². The molecule has 3 atom stereocenters. The number of aryl methyl sites for hydroxylation is 1. The number of aromatic nitrogens is 2. The fourth-order valence-electron chi connectivity index (χ4n) is 5.33. The number of aromatic amines is 1. The van der Waals surface area contributed by atoms with E-state index in [1.807, 2.05) is 48.7 Å². The van der Waals surface area contributed by atoms with Crippen molar-refractivity contribution < 1.29 is 14.3 Å². The summed E-state index contributed by atoms with van der Waals surface area (Å²) in [5.41, 5.74) is 3.58. The van der Waals surface area contributed by atoms with Gasteiger partial charge in [0.15, 0.2) is 0 Å². The fraction of sp³-hybridized carbons (Fsp3) is 0.400. The van der Waals surface area contributed by atoms with Crippen LogP contribution in [0.25, 0.3) is 10.9 Å². The van der Waals surface area contributed by atoms with Gasteiger partial charge in [-0.25, -0.2) is 4.79 Å². The molecule has 5 rings (SSSR count). The molecule has 0 aliphatic carbocycles. The highest BCUT2D eigenvalue weighted by Crippen LogP contribution is 2.36. The Bertz CT molecular complexity index is 1310. The van der Waals surface area contributed by atoms with Crippen molar-refractivity contribution in [3.05, 3.63) is 63.7 Å². The minimum atomic E-state index is -0.527. The maximum absolute atomic E-state index is 13.3. The van der Waals surface area contributed by atoms with Gasteiger partial charge in [0.05, 0.1) is 18.8 Å². The van der Waals surface area contributed by atoms with E-state index in [0.29, 0.717) is 24.7 Å². The Balaban J connectivity index is 1.40. The fourth-order valence-corrected chi connectivity index (χ4v) is 5.33. The summed E-state index contributed by atoms with van der Waals surface area (Å²) >= 11 is 0. The maximum Gasteiger partial charge on any atom is 0.356 e. The Morgan fingerprint density at radius 2 is 2.00 bits per heavy atom. The Morgan fingerprint density at radius 1 is 1.18 bits per heavy atom. The molecule has 0 radical (unpaired) electrons. The summed E-state index contributed by atoms with van der Waals surface area (Å²) in [6.07, 6.45) is 1.03. The average Bonchev–Trinajstić information content (AvgIpc) is 3.16. The van der Waals surface area contributed by atoms with Crippen molar-refractivity contribution in [1.29, 1.82) is 0 Å². The van der Waals surface area contributed by atoms with E-state index in [9.17, 15) is 14.4 Å². The van der Waals surface area contributed by atoms with Crippen molar-refractivity contribution in [3.8, 4) is 0 Å². The number of carbonyl (C=O) groups excluding carboxylic acids is 2. The molecule has 1 fully saturated rings. The molecular formula is C25H28N4O4. The Labute approximate surface area is 191 Å². The number of pyridine rings is 1. The molecule has 2 bridgehead atoms. The predicted octanol–water partition coefficient (Wildman–Crippen LogP) is 2.87. The first-order chi connectivity index (χ1) is 15.9. The SMILES string of the molecule is COC(=O)c1[nH]c2ccc(C)cc2c1NC(=O)C(C)N1C[C@@H]2C[C@H](C1)c1cccc(=O)n1C2. The van der Waals surface area contributed by atoms with Gasteiger partial charge in [-0.15, -0.1) is 0 Å². The van der Waals surface area contributed by atoms with Crippen LogP contribution in [0.1, 0.15) is 41.0 Å². The number of hydrogen-bond donors (Lipinski definition) is 2. The zero-order valence-electron chi connectivity index (χ0n) is 19.1. The second-order valence-corrected chi connectivity index (χ2v) is 9.23. The van der Waals surface area contributed by atoms with Crippen LogP contribution in [-0.4, -0.2) is 52.6 Å². The molecule has 1 amide bonds. The summed E-state index contributed by atoms with van der Waals surface area (Å²) in [6, 6.07) is 10.8. The van der Waals surface area contributed by atoms with Crippen molar-refractivity contribution >= 4 is 28.5 Å². The number of anilines is 1. The number of piperidine rings is 1. The van der Waals surface area contributed by atoms with Gasteiger partial charge in [0.1, 0.15) is 5.69 Å². The van der Waals surface area contributed by atoms with Crippen LogP contribution in [0.3, 0.4) is 0 Å². The Morgan fingerprint density at radius 3 is 2.79 bits per heavy atom. The zero-order valence-corrected chi connectivity index (χ0v) is 19.1. The largest absolute Gasteiger partial charge is 0.464 e. The van der Waals surface area contributed by atoms with Crippen molar-refractivity contribution in [2.24, 2.45) is 5.92 Å². The molecule has 8 nitrogen and oxygen atoms in total. The van der Waals surface area contributed by atoms with Crippen LogP contribution in [0.4, 0.5) is 5.69 Å². The van der Waals surface area contributed by atoms with Crippen LogP contribution >= 0.6 is 0 Å². The van der Waals surface area contributed by atoms with Gasteiger partial charge in [-0.1, -0.05) is 17.7 Å². The molecule has 1 saturated heterocycles. The number of H-pyrrole nitrogens is 1. The van der Waals surface area contributed by atoms with E-state index in [0.717, 1.165) is 35.1 Å². The van der Waals surface area contributed by atoms with Crippen LogP contribution in [-0.2, 0) is 16.1 Å². The first-order valence-corrected chi connectivity index (χ1v) is 11.3. The number of esters is 1. The molecule has 33 heavy (non-hydrogen) atoms. The molecule has 2 N–H and O–H groups in total. The van der Waals surface area contributed by atoms with Gasteiger partial charge in [0.2, 0.25) is 5.91 Å². The smallest absolute Gasteiger partial charge is 0.356 e. The van der Waals surface area contributed by atoms with E-state index < -0.39 is 12.0 Å². The highest BCUT2D eigenvalue weighted by molar-refractivity contribution is 6.11. The lowest BCUT2D eigenvalue weighted by Crippen LogP contribution is -2.52. The summed E-state index contributed by atoms with van der Waals surface area (Å²) in [4.78, 5) is 43.3. The van der Waals surface area contributed by atoms with Crippen LogP contribution in [0.5, 0.6) is 0 Å². The highest BCUT2D eigenvalue weighted by Gasteiger charge is 2.37. The molecule has 8 heteroatoms. The topological polar surface area (TPSA) is 96.4 Å². The summed E-state index contributed by atoms with van der Waals surface area (Å²) in [6.45, 7) is 6.01. The highest BCUT2D eigenvalue weighted by atomic mass is 16.5. The van der Waals surface area contributed by atoms with Crippen LogP contribution in [0.2, 0.25) is 0 Å². The average molecular weight is 449 g/mol. The van der Waals surface area contributed by atoms with E-state index in [-0.39, 0.29) is 23.1 Å². The number of likely N-dealkylation sites (tertiary alicyclic amines) is 1. The number of fused-ring (bicyclic) bond motifs is 5. The third-order valence-corrected chi connectivity index (χ3v) is 7.03. The zero-order chi connectivity index (χ0) is 23.3. The quantitative estimate of drug-likeness (QED) is 0.599. The number of benzene rings is 1. The van der Waals surface area contributed by atoms with Crippen molar-refractivity contribution in [2.45, 2.75) is 38.8 Å². The van der Waals surface area contributed by atoms with Gasteiger partial charge in [-0.2, -0.15) is 0 Å². The number of methoxy groups -OCH3 is 1. The summed E-state index contributed by atoms with van der Waals surface area (Å²) in [5.74, 6) is -0.148. The molecule has 1 unspecified atom stereocenters. The van der Waals surface area contributed by atoms with Gasteiger partial charge in [-0.3, -0.25) is 14.5 Å². The molecule has 3 aromatic rings. The molecule has 2 aromatic heterocycles. The normalized spacial score (nSPS) is 20.8. The van der Waals surface area contributed by atoms with Gasteiger partial charge in [0.25, 0.3) is 5.56 Å². The van der Waals surface area contributed by atoms with Gasteiger partial charge < -0.3 is 19.6 Å². The maximum atomic E-state index is 13.3. The van der Waals surface area contributed by atoms with E-state index >= 15 is 0 Å². The monoisotopic (exact) mass is 448 g/mol. The number of carbonyl (C=O) groups is 2. The number of hydrogen-bond acceptors (Lipinski definition) is 5. The lowest BCUT2D eigenvalue weighted by Gasteiger charge is -2.44. The van der Waals surface area contributed by atoms with Crippen LogP contribution < -0.4 is 10.9 Å². The summed E-state index contributed by atoms with van der Waals surface area (Å²) < 4.78 is 6.82. The minimum absolute atomic E-state index is 0.0476. The standard InChI is InChI=1S/C25H28N4O4/c1-14-7-8-19-18(9-14)22(23(26-19)25(32)33-3)27-24(31)15(2)28-11-16-10-17(13-28)20-5-4-6-21(30)29(20)12-16/h4-9,15-17,26H,10-13H2,1-3H3,(H,27,31)/t15?,16-,17+/m0/s1. The van der Waals surface area contributed by atoms with Crippen LogP contribution in [0.15, 0.2) is 41.2 Å². The molecule has 1 aromatic carbocycles. The molecule has 0 spiro atoms. The molecule has 0 saturated carbocycles. The lowest BCUT2D eigenvalue weighted by molar-refractivity contribution is -0.121. The first-order valence-electron chi connectivity index (χ1n) is 11.3. The van der Waals surface area contributed by atoms with E-state index in [1.165, 1.54) is 7.11 Å². The molecule has 4 heterocycles. The number of nitrogens with one attached hydrogen (secondary N) is 2. The lowest BCUT2D eigenvalue weighted by atomic mass is 9.82. The molecular weight excluding hydrogens is 420 g/mol. The number of rotatable bonds is 4. The molecule has 172 valence electrons. The Hall–Kier alpha value is -3.39. The summed E-state index contributed by atoms with van der Waals surface area (Å²) in [5, 5.41) is 3.78. The van der Waals surface area contributed by atoms with E-state index in [4.69, 9.17) is 4.74 Å². The molecule has 2 aliphatic rings. The predicted molar refractivity (Wildman–Crippen MR) is 126 cm³/mol. The van der Waals surface area contributed by atoms with Gasteiger partial charge in [-0.05, 0) is 44.4 Å². The third-order valence-electron chi connectivity index (χ3n) is 7.03. The van der Waals surface area contributed by atoms with Crippen LogP contribution in [0, 0.1) is 12.8 Å². The van der Waals surface area contributed by atoms with E-state index in [1.54, 1.807) is 6.07 Å². The van der Waals surface area contributed by atoms with Gasteiger partial charge >= 0.3 is 5.97 Å². The summed E-state index contributed by atoms with van der Waals surface area (Å²) in [7, 11) is 1.32. The van der Waals surface area contributed by atoms with E-state index in [2.05, 4.69) is 15.2 Å².